The largest absolute Gasteiger partial charge is 0.391 e. The van der Waals surface area contributed by atoms with Crippen LogP contribution in [0.15, 0.2) is 0 Å². The second-order valence-electron chi connectivity index (χ2n) is 1.03. The van der Waals surface area contributed by atoms with Gasteiger partial charge in [0.1, 0.15) is 10.4 Å². The van der Waals surface area contributed by atoms with Gasteiger partial charge in [-0.05, 0) is 0 Å². The lowest BCUT2D eigenvalue weighted by Gasteiger charge is -1.87. The minimum Gasteiger partial charge on any atom is -0.391 e. The predicted molar refractivity (Wildman–Crippen MR) is 28.4 cm³/mol. The van der Waals surface area contributed by atoms with E-state index >= 15 is 0 Å². The molecule has 0 saturated heterocycles. The van der Waals surface area contributed by atoms with E-state index in [1.165, 1.54) is 0 Å². The first-order valence-corrected chi connectivity index (χ1v) is 3.01. The average Bonchev–Trinajstić information content (AvgIpc) is 1.65. The van der Waals surface area contributed by atoms with Crippen LogP contribution in [0, 0.1) is 0 Å². The molecule has 0 aromatic rings. The topological polar surface area (TPSA) is 29.1 Å². The third-order valence-electron chi connectivity index (χ3n) is 0.600. The fraction of sp³-hybridized carbons (Fsp3) is 0.667. The summed E-state index contributed by atoms with van der Waals surface area (Å²) in [5, 5.41) is 0. The number of hydrogen-bond acceptors (Lipinski definition) is 1. The van der Waals surface area contributed by atoms with Crippen molar-refractivity contribution in [2.75, 3.05) is 0 Å². The Bertz CT molecular complexity index is 48.8. The van der Waals surface area contributed by atoms with Crippen LogP contribution in [0.1, 0.15) is 13.3 Å². The second-order valence-corrected chi connectivity index (χ2v) is 1.53. The quantitative estimate of drug-likeness (QED) is 0.415. The summed E-state index contributed by atoms with van der Waals surface area (Å²) in [6, 6.07) is 0. The van der Waals surface area contributed by atoms with Crippen LogP contribution in [0.5, 0.6) is 0 Å². The molecule has 0 saturated carbocycles. The van der Waals surface area contributed by atoms with Gasteiger partial charge in [-0.3, -0.25) is 4.79 Å². The molecule has 0 heterocycles. The van der Waals surface area contributed by atoms with Crippen LogP contribution < -0.4 is 4.98 Å². The van der Waals surface area contributed by atoms with E-state index in [0.29, 0.717) is 6.42 Å². The van der Waals surface area contributed by atoms with Gasteiger partial charge in [-0.25, -0.2) is 0 Å². The SMILES string of the molecule is CCC(=O)N[SiH3]. The highest BCUT2D eigenvalue weighted by Crippen LogP contribution is 1.67. The van der Waals surface area contributed by atoms with Crippen molar-refractivity contribution in [3.8, 4) is 0 Å². The van der Waals surface area contributed by atoms with Crippen molar-refractivity contribution in [3.05, 3.63) is 0 Å². The molecule has 3 heteroatoms. The smallest absolute Gasteiger partial charge is 0.211 e. The summed E-state index contributed by atoms with van der Waals surface area (Å²) in [6.07, 6.45) is 0.615. The molecule has 1 amide bonds. The van der Waals surface area contributed by atoms with Crippen molar-refractivity contribution in [2.24, 2.45) is 0 Å². The van der Waals surface area contributed by atoms with Crippen molar-refractivity contribution in [3.63, 3.8) is 0 Å². The Kier molecular flexibility index (Phi) is 2.75. The van der Waals surface area contributed by atoms with E-state index in [2.05, 4.69) is 4.98 Å². The van der Waals surface area contributed by atoms with E-state index < -0.39 is 0 Å². The number of nitrogens with one attached hydrogen (secondary N) is 1. The van der Waals surface area contributed by atoms with Gasteiger partial charge in [0.2, 0.25) is 5.91 Å². The van der Waals surface area contributed by atoms with E-state index in [1.54, 1.807) is 0 Å². The molecule has 0 aliphatic rings. The average molecular weight is 103 g/mol. The van der Waals surface area contributed by atoms with Crippen LogP contribution in [0.4, 0.5) is 0 Å². The Hall–Kier alpha value is -0.313. The van der Waals surface area contributed by atoms with Gasteiger partial charge >= 0.3 is 0 Å². The van der Waals surface area contributed by atoms with E-state index in [9.17, 15) is 4.79 Å². The molecule has 0 atom stereocenters. The maximum Gasteiger partial charge on any atom is 0.211 e. The first-order valence-electron chi connectivity index (χ1n) is 2.01. The van der Waals surface area contributed by atoms with E-state index in [1.807, 2.05) is 6.92 Å². The lowest BCUT2D eigenvalue weighted by Crippen LogP contribution is -2.17. The molecule has 0 bridgehead atoms. The zero-order chi connectivity index (χ0) is 4.99. The van der Waals surface area contributed by atoms with Gasteiger partial charge < -0.3 is 4.98 Å². The molecule has 0 aromatic carbocycles. The van der Waals surface area contributed by atoms with Crippen LogP contribution >= 0.6 is 0 Å². The maximum absolute atomic E-state index is 10.1. The molecule has 0 rings (SSSR count). The Balaban J connectivity index is 2.99. The van der Waals surface area contributed by atoms with Gasteiger partial charge in [0.25, 0.3) is 0 Å². The number of carbonyl (C=O) groups is 1. The van der Waals surface area contributed by atoms with Crippen molar-refractivity contribution >= 4 is 16.3 Å². The highest BCUT2D eigenvalue weighted by molar-refractivity contribution is 6.14. The first kappa shape index (κ1) is 5.69. The normalized spacial score (nSPS) is 8.17. The van der Waals surface area contributed by atoms with E-state index in [-0.39, 0.29) is 5.91 Å². The third-order valence-corrected chi connectivity index (χ3v) is 1.16. The molecule has 6 heavy (non-hydrogen) atoms. The highest BCUT2D eigenvalue weighted by Gasteiger charge is 1.84. The molecule has 0 unspecified atom stereocenters. The van der Waals surface area contributed by atoms with E-state index in [4.69, 9.17) is 0 Å². The number of hydrogen-bond donors (Lipinski definition) is 1. The van der Waals surface area contributed by atoms with Gasteiger partial charge in [-0.15, -0.1) is 0 Å². The zero-order valence-corrected chi connectivity index (χ0v) is 6.12. The lowest BCUT2D eigenvalue weighted by molar-refractivity contribution is -0.119. The summed E-state index contributed by atoms with van der Waals surface area (Å²) in [6.45, 7) is 1.84. The Morgan fingerprint density at radius 1 is 2.00 bits per heavy atom. The van der Waals surface area contributed by atoms with Gasteiger partial charge in [0.15, 0.2) is 0 Å². The molecule has 0 aliphatic carbocycles. The highest BCUT2D eigenvalue weighted by atomic mass is 28.2. The van der Waals surface area contributed by atoms with Gasteiger partial charge in [-0.1, -0.05) is 6.92 Å². The van der Waals surface area contributed by atoms with Crippen LogP contribution in [-0.4, -0.2) is 16.3 Å². The first-order chi connectivity index (χ1) is 2.81. The lowest BCUT2D eigenvalue weighted by atomic mass is 10.5. The summed E-state index contributed by atoms with van der Waals surface area (Å²) in [7, 11) is 0.783. The van der Waals surface area contributed by atoms with Crippen LogP contribution in [0.25, 0.3) is 0 Å². The number of carbonyl (C=O) groups excluding carboxylic acids is 1. The molecule has 0 radical (unpaired) electrons. The summed E-state index contributed by atoms with van der Waals surface area (Å²) in [5.41, 5.74) is 0. The fourth-order valence-electron chi connectivity index (χ4n) is 0.177. The van der Waals surface area contributed by atoms with Crippen molar-refractivity contribution in [1.82, 2.24) is 4.98 Å². The predicted octanol–water partition coefficient (Wildman–Crippen LogP) is -1.21. The van der Waals surface area contributed by atoms with Crippen LogP contribution in [0.2, 0.25) is 0 Å². The molecule has 0 spiro atoms. The van der Waals surface area contributed by atoms with Crippen molar-refractivity contribution < 1.29 is 4.79 Å². The Morgan fingerprint density at radius 3 is 2.50 bits per heavy atom. The number of amides is 1. The van der Waals surface area contributed by atoms with Crippen LogP contribution in [-0.2, 0) is 4.79 Å². The number of rotatable bonds is 1. The monoisotopic (exact) mass is 103 g/mol. The fourth-order valence-corrected chi connectivity index (χ4v) is 0.530. The molecule has 0 aromatic heterocycles. The van der Waals surface area contributed by atoms with Crippen molar-refractivity contribution in [1.29, 1.82) is 0 Å². The third kappa shape index (κ3) is 1.96. The maximum atomic E-state index is 10.1. The minimum absolute atomic E-state index is 0.154. The summed E-state index contributed by atoms with van der Waals surface area (Å²) < 4.78 is 0. The van der Waals surface area contributed by atoms with E-state index in [0.717, 1.165) is 10.4 Å². The Labute approximate surface area is 40.4 Å². The molecule has 0 aliphatic heterocycles. The standard InChI is InChI=1S/C3H9NOSi/c1-2-3(5)4-6/h2H2,1,6H3,(H,4,5). The van der Waals surface area contributed by atoms with Gasteiger partial charge in [-0.2, -0.15) is 0 Å². The molecule has 1 N–H and O–H groups in total. The summed E-state index contributed by atoms with van der Waals surface area (Å²) in [5.74, 6) is 0.154. The second kappa shape index (κ2) is 2.90. The molecule has 36 valence electrons. The molecule has 2 nitrogen and oxygen atoms in total. The Morgan fingerprint density at radius 2 is 2.50 bits per heavy atom. The van der Waals surface area contributed by atoms with Crippen LogP contribution in [0.3, 0.4) is 0 Å². The van der Waals surface area contributed by atoms with Crippen molar-refractivity contribution in [2.45, 2.75) is 13.3 Å². The summed E-state index contributed by atoms with van der Waals surface area (Å²) >= 11 is 0. The van der Waals surface area contributed by atoms with Gasteiger partial charge in [0.05, 0.1) is 0 Å². The molecule has 0 fully saturated rings. The zero-order valence-electron chi connectivity index (χ0n) is 4.12. The van der Waals surface area contributed by atoms with Gasteiger partial charge in [0, 0.05) is 6.42 Å². The molecular weight excluding hydrogens is 94.1 g/mol. The minimum atomic E-state index is 0.154. The molecular formula is C3H9NOSi. The summed E-state index contributed by atoms with van der Waals surface area (Å²) in [4.78, 5) is 12.7.